The van der Waals surface area contributed by atoms with Crippen LogP contribution in [0.15, 0.2) is 36.4 Å². The zero-order valence-corrected chi connectivity index (χ0v) is 11.3. The normalized spacial score (nSPS) is 12.3. The monoisotopic (exact) mass is 260 g/mol. The van der Waals surface area contributed by atoms with Crippen LogP contribution in [0.2, 0.25) is 0 Å². The summed E-state index contributed by atoms with van der Waals surface area (Å²) >= 11 is 0. The molecule has 0 saturated carbocycles. The van der Waals surface area contributed by atoms with E-state index in [-0.39, 0.29) is 5.82 Å². The van der Waals surface area contributed by atoms with Gasteiger partial charge in [-0.2, -0.15) is 0 Å². The lowest BCUT2D eigenvalue weighted by Gasteiger charge is -2.17. The van der Waals surface area contributed by atoms with Crippen molar-refractivity contribution in [3.8, 4) is 5.75 Å². The predicted molar refractivity (Wildman–Crippen MR) is 72.9 cm³/mol. The van der Waals surface area contributed by atoms with Gasteiger partial charge in [-0.1, -0.05) is 12.1 Å². The first-order chi connectivity index (χ1) is 9.02. The SMILES string of the molecule is COc1ccc(C(O)c2c(C)cc(F)cc2C)cc1. The van der Waals surface area contributed by atoms with Gasteiger partial charge in [-0.15, -0.1) is 0 Å². The summed E-state index contributed by atoms with van der Waals surface area (Å²) in [7, 11) is 1.60. The Morgan fingerprint density at radius 2 is 1.58 bits per heavy atom. The first-order valence-corrected chi connectivity index (χ1v) is 6.11. The quantitative estimate of drug-likeness (QED) is 0.914. The Balaban J connectivity index is 2.40. The number of aliphatic hydroxyl groups is 1. The highest BCUT2D eigenvalue weighted by Crippen LogP contribution is 2.29. The average molecular weight is 260 g/mol. The maximum absolute atomic E-state index is 13.3. The second-order valence-electron chi connectivity index (χ2n) is 4.63. The molecular weight excluding hydrogens is 243 g/mol. The number of halogens is 1. The Hall–Kier alpha value is -1.87. The van der Waals surface area contributed by atoms with Crippen molar-refractivity contribution in [2.45, 2.75) is 20.0 Å². The molecule has 0 aliphatic heterocycles. The Kier molecular flexibility index (Phi) is 3.86. The highest BCUT2D eigenvalue weighted by molar-refractivity contribution is 5.42. The molecule has 0 amide bonds. The number of hydrogen-bond donors (Lipinski definition) is 1. The third-order valence-electron chi connectivity index (χ3n) is 3.26. The van der Waals surface area contributed by atoms with Gasteiger partial charge in [-0.05, 0) is 60.4 Å². The number of aryl methyl sites for hydroxylation is 2. The largest absolute Gasteiger partial charge is 0.497 e. The number of methoxy groups -OCH3 is 1. The molecule has 2 rings (SSSR count). The van der Waals surface area contributed by atoms with Crippen LogP contribution in [-0.4, -0.2) is 12.2 Å². The lowest BCUT2D eigenvalue weighted by atomic mass is 9.93. The van der Waals surface area contributed by atoms with E-state index in [2.05, 4.69) is 0 Å². The van der Waals surface area contributed by atoms with Crippen molar-refractivity contribution in [3.05, 3.63) is 64.5 Å². The Labute approximate surface area is 112 Å². The van der Waals surface area contributed by atoms with Crippen molar-refractivity contribution in [1.82, 2.24) is 0 Å². The molecule has 3 heteroatoms. The van der Waals surface area contributed by atoms with Gasteiger partial charge in [-0.25, -0.2) is 4.39 Å². The fourth-order valence-corrected chi connectivity index (χ4v) is 2.31. The van der Waals surface area contributed by atoms with E-state index in [1.54, 1.807) is 33.1 Å². The van der Waals surface area contributed by atoms with Crippen LogP contribution < -0.4 is 4.74 Å². The molecule has 2 nitrogen and oxygen atoms in total. The van der Waals surface area contributed by atoms with Gasteiger partial charge in [0.15, 0.2) is 0 Å². The molecule has 0 aromatic heterocycles. The Morgan fingerprint density at radius 1 is 1.05 bits per heavy atom. The molecule has 2 aromatic carbocycles. The van der Waals surface area contributed by atoms with Gasteiger partial charge in [0, 0.05) is 0 Å². The molecule has 0 spiro atoms. The van der Waals surface area contributed by atoms with Crippen molar-refractivity contribution in [3.63, 3.8) is 0 Å². The van der Waals surface area contributed by atoms with Crippen molar-refractivity contribution in [1.29, 1.82) is 0 Å². The molecule has 0 heterocycles. The van der Waals surface area contributed by atoms with Crippen molar-refractivity contribution < 1.29 is 14.2 Å². The van der Waals surface area contributed by atoms with Crippen LogP contribution in [0.3, 0.4) is 0 Å². The van der Waals surface area contributed by atoms with Crippen LogP contribution in [0, 0.1) is 19.7 Å². The molecule has 0 saturated heterocycles. The smallest absolute Gasteiger partial charge is 0.123 e. The maximum atomic E-state index is 13.3. The number of aliphatic hydroxyl groups excluding tert-OH is 1. The topological polar surface area (TPSA) is 29.5 Å². The second kappa shape index (κ2) is 5.41. The lowest BCUT2D eigenvalue weighted by molar-refractivity contribution is 0.218. The molecule has 0 bridgehead atoms. The molecule has 0 fully saturated rings. The summed E-state index contributed by atoms with van der Waals surface area (Å²) in [5, 5.41) is 10.4. The highest BCUT2D eigenvalue weighted by Gasteiger charge is 2.16. The Morgan fingerprint density at radius 3 is 2.05 bits per heavy atom. The summed E-state index contributed by atoms with van der Waals surface area (Å²) in [6.07, 6.45) is -0.758. The minimum absolute atomic E-state index is 0.277. The van der Waals surface area contributed by atoms with Gasteiger partial charge < -0.3 is 9.84 Å². The van der Waals surface area contributed by atoms with Crippen LogP contribution in [0.25, 0.3) is 0 Å². The van der Waals surface area contributed by atoms with E-state index < -0.39 is 6.10 Å². The number of hydrogen-bond acceptors (Lipinski definition) is 2. The van der Waals surface area contributed by atoms with E-state index >= 15 is 0 Å². The van der Waals surface area contributed by atoms with E-state index in [1.807, 2.05) is 12.1 Å². The van der Waals surface area contributed by atoms with Gasteiger partial charge in [0.1, 0.15) is 17.7 Å². The summed E-state index contributed by atoms with van der Waals surface area (Å²) in [5.41, 5.74) is 3.02. The lowest BCUT2D eigenvalue weighted by Crippen LogP contribution is -2.05. The molecule has 1 N–H and O–H groups in total. The molecule has 100 valence electrons. The molecule has 19 heavy (non-hydrogen) atoms. The number of benzene rings is 2. The molecule has 1 atom stereocenters. The molecule has 2 aromatic rings. The van der Waals surface area contributed by atoms with Crippen LogP contribution in [0.1, 0.15) is 28.4 Å². The zero-order valence-electron chi connectivity index (χ0n) is 11.3. The third-order valence-corrected chi connectivity index (χ3v) is 3.26. The fraction of sp³-hybridized carbons (Fsp3) is 0.250. The molecule has 0 aliphatic rings. The minimum Gasteiger partial charge on any atom is -0.497 e. The van der Waals surface area contributed by atoms with Crippen LogP contribution in [0.4, 0.5) is 4.39 Å². The molecule has 1 unspecified atom stereocenters. The van der Waals surface area contributed by atoms with Crippen LogP contribution in [0.5, 0.6) is 5.75 Å². The van der Waals surface area contributed by atoms with E-state index in [4.69, 9.17) is 4.74 Å². The highest BCUT2D eigenvalue weighted by atomic mass is 19.1. The van der Waals surface area contributed by atoms with Crippen LogP contribution >= 0.6 is 0 Å². The van der Waals surface area contributed by atoms with Gasteiger partial charge in [0.05, 0.1) is 7.11 Å². The third kappa shape index (κ3) is 2.76. The van der Waals surface area contributed by atoms with E-state index in [0.29, 0.717) is 0 Å². The van der Waals surface area contributed by atoms with Crippen LogP contribution in [-0.2, 0) is 0 Å². The zero-order chi connectivity index (χ0) is 14.0. The Bertz CT molecular complexity index is 553. The van der Waals surface area contributed by atoms with Crippen molar-refractivity contribution in [2.24, 2.45) is 0 Å². The van der Waals surface area contributed by atoms with Gasteiger partial charge in [0.25, 0.3) is 0 Å². The molecule has 0 aliphatic carbocycles. The summed E-state index contributed by atoms with van der Waals surface area (Å²) < 4.78 is 18.4. The number of ether oxygens (including phenoxy) is 1. The van der Waals surface area contributed by atoms with E-state index in [1.165, 1.54) is 12.1 Å². The van der Waals surface area contributed by atoms with E-state index in [0.717, 1.165) is 28.0 Å². The van der Waals surface area contributed by atoms with Gasteiger partial charge in [-0.3, -0.25) is 0 Å². The van der Waals surface area contributed by atoms with Crippen molar-refractivity contribution in [2.75, 3.05) is 7.11 Å². The molecule has 0 radical (unpaired) electrons. The standard InChI is InChI=1S/C16H17FO2/c1-10-8-13(17)9-11(2)15(10)16(18)12-4-6-14(19-3)7-5-12/h4-9,16,18H,1-3H3. The summed E-state index contributed by atoms with van der Waals surface area (Å²) in [6, 6.07) is 10.1. The second-order valence-corrected chi connectivity index (χ2v) is 4.63. The first kappa shape index (κ1) is 13.6. The van der Waals surface area contributed by atoms with Crippen molar-refractivity contribution >= 4 is 0 Å². The summed E-state index contributed by atoms with van der Waals surface area (Å²) in [4.78, 5) is 0. The predicted octanol–water partition coefficient (Wildman–Crippen LogP) is 3.53. The number of rotatable bonds is 3. The summed E-state index contributed by atoms with van der Waals surface area (Å²) in [5.74, 6) is 0.462. The summed E-state index contributed by atoms with van der Waals surface area (Å²) in [6.45, 7) is 3.61. The average Bonchev–Trinajstić information content (AvgIpc) is 2.37. The fourth-order valence-electron chi connectivity index (χ4n) is 2.31. The first-order valence-electron chi connectivity index (χ1n) is 6.11. The van der Waals surface area contributed by atoms with E-state index in [9.17, 15) is 9.50 Å². The van der Waals surface area contributed by atoms with Gasteiger partial charge >= 0.3 is 0 Å². The maximum Gasteiger partial charge on any atom is 0.123 e. The van der Waals surface area contributed by atoms with Gasteiger partial charge in [0.2, 0.25) is 0 Å². The minimum atomic E-state index is -0.758. The molecular formula is C16H17FO2.